The van der Waals surface area contributed by atoms with E-state index in [9.17, 15) is 0 Å². The Morgan fingerprint density at radius 2 is 0.815 bits per heavy atom. The average molecular weight is 852 g/mol. The molecule has 0 atom stereocenters. The number of para-hydroxylation sites is 6. The quantitative estimate of drug-likeness (QED) is 0.152. The predicted octanol–water partition coefficient (Wildman–Crippen LogP) is 15.4. The van der Waals surface area contributed by atoms with E-state index < -0.39 is 0 Å². The highest BCUT2D eigenvalue weighted by Gasteiger charge is 2.22. The first-order valence-corrected chi connectivity index (χ1v) is 22.5. The molecule has 0 saturated carbocycles. The van der Waals surface area contributed by atoms with Crippen molar-refractivity contribution in [2.24, 2.45) is 0 Å². The molecule has 0 saturated heterocycles. The van der Waals surface area contributed by atoms with Crippen LogP contribution < -0.4 is 9.80 Å². The Morgan fingerprint density at radius 3 is 1.38 bits per heavy atom. The smallest absolute Gasteiger partial charge is 0.235 e. The van der Waals surface area contributed by atoms with Gasteiger partial charge in [-0.1, -0.05) is 109 Å². The number of hydrogen-bond acceptors (Lipinski definition) is 6. The maximum absolute atomic E-state index is 5.33. The van der Waals surface area contributed by atoms with E-state index in [0.717, 1.165) is 82.2 Å². The zero-order chi connectivity index (χ0) is 42.8. The molecule has 0 bridgehead atoms. The van der Waals surface area contributed by atoms with Gasteiger partial charge in [0.2, 0.25) is 5.95 Å². The third-order valence-electron chi connectivity index (χ3n) is 12.4. The van der Waals surface area contributed by atoms with Gasteiger partial charge in [-0.3, -0.25) is 9.80 Å². The van der Waals surface area contributed by atoms with Crippen LogP contribution >= 0.6 is 11.3 Å². The number of pyridine rings is 1. The molecule has 8 heteroatoms. The summed E-state index contributed by atoms with van der Waals surface area (Å²) in [4.78, 5) is 20.9. The van der Waals surface area contributed by atoms with E-state index in [-0.39, 0.29) is 0 Å². The summed E-state index contributed by atoms with van der Waals surface area (Å²) in [5.41, 5.74) is 10.9. The fourth-order valence-corrected chi connectivity index (χ4v) is 10.6. The summed E-state index contributed by atoms with van der Waals surface area (Å²) in [5.74, 6) is 1.42. The highest BCUT2D eigenvalue weighted by Crippen LogP contribution is 2.43. The number of thiophene rings is 1. The Balaban J connectivity index is 0.936. The lowest BCUT2D eigenvalue weighted by molar-refractivity contribution is 1.11. The topological polar surface area (TPSA) is 55.0 Å². The summed E-state index contributed by atoms with van der Waals surface area (Å²) in [6.45, 7) is 0. The molecule has 65 heavy (non-hydrogen) atoms. The average Bonchev–Trinajstić information content (AvgIpc) is 4.02. The zero-order valence-corrected chi connectivity index (χ0v) is 35.7. The van der Waals surface area contributed by atoms with Crippen molar-refractivity contribution in [1.82, 2.24) is 24.1 Å². The standard InChI is InChI=1S/C57H37N7S/c1-5-17-38(18-6-1)61(42-29-31-52-46(33-42)44-25-13-15-27-50(44)63(52)40-21-9-3-10-22-40)55-35-54-48(36-58-55)49-37-59-57(60-56(49)65-54)62(39-19-7-2-8-20-39)43-30-32-53-47(34-43)45-26-14-16-28-51(45)64(53)41-23-11-4-12-24-41/h1-37H. The predicted molar refractivity (Wildman–Crippen MR) is 271 cm³/mol. The summed E-state index contributed by atoms with van der Waals surface area (Å²) in [6, 6.07) is 74.9. The first-order chi connectivity index (χ1) is 32.2. The largest absolute Gasteiger partial charge is 0.309 e. The van der Waals surface area contributed by atoms with E-state index >= 15 is 0 Å². The summed E-state index contributed by atoms with van der Waals surface area (Å²) >= 11 is 1.67. The number of aromatic nitrogens is 5. The van der Waals surface area contributed by atoms with E-state index in [1.54, 1.807) is 11.3 Å². The van der Waals surface area contributed by atoms with Crippen molar-refractivity contribution in [2.75, 3.05) is 9.80 Å². The molecule has 306 valence electrons. The van der Waals surface area contributed by atoms with Gasteiger partial charge in [0, 0.05) is 83.5 Å². The fourth-order valence-electron chi connectivity index (χ4n) is 9.53. The number of rotatable bonds is 8. The fraction of sp³-hybridized carbons (Fsp3) is 0. The molecule has 13 aromatic rings. The van der Waals surface area contributed by atoms with Gasteiger partial charge in [-0.15, -0.1) is 11.3 Å². The number of fused-ring (bicyclic) bond motifs is 9. The molecule has 0 aliphatic carbocycles. The van der Waals surface area contributed by atoms with Crippen molar-refractivity contribution in [1.29, 1.82) is 0 Å². The molecular weight excluding hydrogens is 815 g/mol. The third kappa shape index (κ3) is 6.07. The first kappa shape index (κ1) is 37.0. The summed E-state index contributed by atoms with van der Waals surface area (Å²) in [6.07, 6.45) is 3.94. The molecule has 0 aliphatic rings. The van der Waals surface area contributed by atoms with Gasteiger partial charge in [0.1, 0.15) is 10.6 Å². The van der Waals surface area contributed by atoms with E-state index in [2.05, 4.69) is 225 Å². The van der Waals surface area contributed by atoms with Gasteiger partial charge in [-0.25, -0.2) is 15.0 Å². The minimum atomic E-state index is 0.600. The number of benzene rings is 8. The molecule has 5 heterocycles. The van der Waals surface area contributed by atoms with E-state index in [1.807, 2.05) is 18.5 Å². The molecule has 0 unspecified atom stereocenters. The van der Waals surface area contributed by atoms with Crippen molar-refractivity contribution in [3.05, 3.63) is 225 Å². The SMILES string of the molecule is c1ccc(N(c2ccc3c(c2)c2ccccc2n3-c2ccccc2)c2cc3sc4nc(N(c5ccccc5)c5ccc6c(c5)c5ccccc5n6-c5ccccc5)ncc4c3cn2)cc1. The first-order valence-electron chi connectivity index (χ1n) is 21.7. The zero-order valence-electron chi connectivity index (χ0n) is 34.9. The second-order valence-corrected chi connectivity index (χ2v) is 17.2. The highest BCUT2D eigenvalue weighted by atomic mass is 32.1. The van der Waals surface area contributed by atoms with Crippen LogP contribution in [0.2, 0.25) is 0 Å². The van der Waals surface area contributed by atoms with Crippen LogP contribution in [0.1, 0.15) is 0 Å². The molecule has 7 nitrogen and oxygen atoms in total. The normalized spacial score (nSPS) is 11.7. The van der Waals surface area contributed by atoms with Crippen LogP contribution in [0.5, 0.6) is 0 Å². The Labute approximate surface area is 378 Å². The van der Waals surface area contributed by atoms with Crippen LogP contribution in [-0.4, -0.2) is 24.1 Å². The van der Waals surface area contributed by atoms with Crippen LogP contribution in [0.25, 0.3) is 75.3 Å². The minimum Gasteiger partial charge on any atom is -0.309 e. The number of nitrogens with zero attached hydrogens (tertiary/aromatic N) is 7. The Morgan fingerprint density at radius 1 is 0.354 bits per heavy atom. The highest BCUT2D eigenvalue weighted by molar-refractivity contribution is 7.25. The maximum atomic E-state index is 5.33. The monoisotopic (exact) mass is 851 g/mol. The van der Waals surface area contributed by atoms with Gasteiger partial charge in [0.15, 0.2) is 0 Å². The molecule has 0 aliphatic heterocycles. The van der Waals surface area contributed by atoms with Crippen LogP contribution in [0.15, 0.2) is 225 Å². The van der Waals surface area contributed by atoms with Crippen molar-refractivity contribution >= 4 is 110 Å². The summed E-state index contributed by atoms with van der Waals surface area (Å²) < 4.78 is 5.77. The molecule has 0 fully saturated rings. The van der Waals surface area contributed by atoms with Crippen LogP contribution in [-0.2, 0) is 0 Å². The second kappa shape index (κ2) is 15.0. The van der Waals surface area contributed by atoms with Gasteiger partial charge >= 0.3 is 0 Å². The molecule has 0 spiro atoms. The van der Waals surface area contributed by atoms with Crippen molar-refractivity contribution < 1.29 is 0 Å². The second-order valence-electron chi connectivity index (χ2n) is 16.2. The van der Waals surface area contributed by atoms with Crippen molar-refractivity contribution in [3.8, 4) is 11.4 Å². The van der Waals surface area contributed by atoms with Gasteiger partial charge in [-0.2, -0.15) is 0 Å². The molecule has 0 amide bonds. The van der Waals surface area contributed by atoms with Crippen molar-refractivity contribution in [3.63, 3.8) is 0 Å². The molecule has 0 radical (unpaired) electrons. The molecule has 8 aromatic carbocycles. The summed E-state index contributed by atoms with van der Waals surface area (Å²) in [5, 5.41) is 6.73. The van der Waals surface area contributed by atoms with E-state index in [0.29, 0.717) is 5.95 Å². The van der Waals surface area contributed by atoms with Gasteiger partial charge in [0.05, 0.1) is 22.1 Å². The lowest BCUT2D eigenvalue weighted by atomic mass is 10.1. The Bertz CT molecular complexity index is 3640. The Kier molecular flexibility index (Phi) is 8.57. The maximum Gasteiger partial charge on any atom is 0.235 e. The molecule has 0 N–H and O–H groups in total. The number of anilines is 6. The summed E-state index contributed by atoms with van der Waals surface area (Å²) in [7, 11) is 0. The minimum absolute atomic E-state index is 0.600. The van der Waals surface area contributed by atoms with E-state index in [4.69, 9.17) is 15.0 Å². The van der Waals surface area contributed by atoms with Crippen LogP contribution in [0.4, 0.5) is 34.5 Å². The lowest BCUT2D eigenvalue weighted by Crippen LogP contribution is -2.13. The van der Waals surface area contributed by atoms with Crippen molar-refractivity contribution in [2.45, 2.75) is 0 Å². The molecule has 13 rings (SSSR count). The third-order valence-corrected chi connectivity index (χ3v) is 13.5. The van der Waals surface area contributed by atoms with Gasteiger partial charge < -0.3 is 9.13 Å². The molecular formula is C57H37N7S. The Hall–Kier alpha value is -8.59. The lowest BCUT2D eigenvalue weighted by Gasteiger charge is -2.24. The van der Waals surface area contributed by atoms with Crippen LogP contribution in [0.3, 0.4) is 0 Å². The molecule has 5 aromatic heterocycles. The van der Waals surface area contributed by atoms with Crippen LogP contribution in [0, 0.1) is 0 Å². The van der Waals surface area contributed by atoms with Gasteiger partial charge in [-0.05, 0) is 103 Å². The number of hydrogen-bond donors (Lipinski definition) is 0. The van der Waals surface area contributed by atoms with Gasteiger partial charge in [0.25, 0.3) is 0 Å². The van der Waals surface area contributed by atoms with E-state index in [1.165, 1.54) is 21.7 Å².